The number of thiazole rings is 1. The van der Waals surface area contributed by atoms with Crippen molar-refractivity contribution in [1.29, 1.82) is 0 Å². The van der Waals surface area contributed by atoms with Crippen LogP contribution in [0.4, 0.5) is 15.6 Å². The number of aromatic nitrogens is 1. The van der Waals surface area contributed by atoms with Gasteiger partial charge in [0.1, 0.15) is 6.54 Å². The Labute approximate surface area is 165 Å². The van der Waals surface area contributed by atoms with Crippen molar-refractivity contribution in [1.82, 2.24) is 15.2 Å². The number of nitrogens with one attached hydrogen (secondary N) is 2. The van der Waals surface area contributed by atoms with Crippen LogP contribution in [0.3, 0.4) is 0 Å². The molecule has 8 nitrogen and oxygen atoms in total. The number of anilines is 2. The Morgan fingerprint density at radius 2 is 2.11 bits per heavy atom. The van der Waals surface area contributed by atoms with Crippen molar-refractivity contribution in [3.8, 4) is 0 Å². The van der Waals surface area contributed by atoms with E-state index in [-0.39, 0.29) is 30.8 Å². The highest BCUT2D eigenvalue weighted by molar-refractivity contribution is 7.13. The van der Waals surface area contributed by atoms with Crippen molar-refractivity contribution >= 4 is 51.6 Å². The molecule has 0 saturated carbocycles. The van der Waals surface area contributed by atoms with Gasteiger partial charge < -0.3 is 15.5 Å². The summed E-state index contributed by atoms with van der Waals surface area (Å²) in [5, 5.41) is 7.85. The molecule has 3 rings (SSSR count). The average Bonchev–Trinajstić information content (AvgIpc) is 3.21. The van der Waals surface area contributed by atoms with Crippen LogP contribution in [-0.4, -0.2) is 54.4 Å². The van der Waals surface area contributed by atoms with Gasteiger partial charge in [-0.25, -0.2) is 9.78 Å². The summed E-state index contributed by atoms with van der Waals surface area (Å²) >= 11 is 7.21. The first-order valence-corrected chi connectivity index (χ1v) is 9.49. The van der Waals surface area contributed by atoms with Crippen molar-refractivity contribution in [2.45, 2.75) is 6.42 Å². The van der Waals surface area contributed by atoms with Crippen LogP contribution in [0.1, 0.15) is 5.69 Å². The standard InChI is InChI=1S/C17H18ClN5O3S/c1-19-14(24)8-12-10-27-16(20-12)21-15(25)9-22-5-6-23(17(22)26)13-4-2-3-11(18)7-13/h2-4,7,10H,5-6,8-9H2,1H3,(H,19,24)(H,20,21,25). The van der Waals surface area contributed by atoms with E-state index < -0.39 is 0 Å². The topological polar surface area (TPSA) is 94.6 Å². The molecule has 0 spiro atoms. The van der Waals surface area contributed by atoms with E-state index in [1.807, 2.05) is 0 Å². The number of halogens is 1. The highest BCUT2D eigenvalue weighted by atomic mass is 35.5. The fourth-order valence-corrected chi connectivity index (χ4v) is 3.55. The molecular formula is C17H18ClN5O3S. The van der Waals surface area contributed by atoms with Crippen molar-refractivity contribution in [3.05, 3.63) is 40.4 Å². The molecule has 2 aromatic rings. The Morgan fingerprint density at radius 1 is 1.30 bits per heavy atom. The third kappa shape index (κ3) is 4.75. The number of hydrogen-bond acceptors (Lipinski definition) is 5. The van der Waals surface area contributed by atoms with Gasteiger partial charge in [-0.1, -0.05) is 17.7 Å². The van der Waals surface area contributed by atoms with Gasteiger partial charge in [-0.15, -0.1) is 11.3 Å². The molecule has 1 aliphatic heterocycles. The highest BCUT2D eigenvalue weighted by Gasteiger charge is 2.31. The average molecular weight is 408 g/mol. The summed E-state index contributed by atoms with van der Waals surface area (Å²) in [6.45, 7) is 0.860. The number of urea groups is 1. The molecule has 0 bridgehead atoms. The molecule has 1 fully saturated rings. The molecule has 1 aromatic heterocycles. The van der Waals surface area contributed by atoms with Crippen molar-refractivity contribution in [2.24, 2.45) is 0 Å². The van der Waals surface area contributed by atoms with Crippen molar-refractivity contribution in [3.63, 3.8) is 0 Å². The number of benzene rings is 1. The van der Waals surface area contributed by atoms with Crippen LogP contribution in [0.5, 0.6) is 0 Å². The summed E-state index contributed by atoms with van der Waals surface area (Å²) in [6, 6.07) is 6.79. The zero-order chi connectivity index (χ0) is 19.4. The Balaban J connectivity index is 1.55. The molecule has 2 N–H and O–H groups in total. The predicted molar refractivity (Wildman–Crippen MR) is 104 cm³/mol. The molecule has 0 atom stereocenters. The lowest BCUT2D eigenvalue weighted by Crippen LogP contribution is -2.37. The minimum atomic E-state index is -0.336. The van der Waals surface area contributed by atoms with Crippen LogP contribution in [0.15, 0.2) is 29.6 Å². The zero-order valence-corrected chi connectivity index (χ0v) is 16.1. The number of nitrogens with zero attached hydrogens (tertiary/aromatic N) is 3. The van der Waals surface area contributed by atoms with Crippen LogP contribution in [0.2, 0.25) is 5.02 Å². The lowest BCUT2D eigenvalue weighted by molar-refractivity contribution is -0.120. The molecule has 1 saturated heterocycles. The number of carbonyl (C=O) groups is 3. The number of amides is 4. The summed E-state index contributed by atoms with van der Waals surface area (Å²) in [6.07, 6.45) is 0.155. The van der Waals surface area contributed by atoms with E-state index in [1.54, 1.807) is 41.6 Å². The number of carbonyl (C=O) groups excluding carboxylic acids is 3. The molecule has 10 heteroatoms. The summed E-state index contributed by atoms with van der Waals surface area (Å²) < 4.78 is 0. The van der Waals surface area contributed by atoms with Crippen LogP contribution < -0.4 is 15.5 Å². The van der Waals surface area contributed by atoms with E-state index in [2.05, 4.69) is 15.6 Å². The van der Waals surface area contributed by atoms with Gasteiger partial charge in [0.2, 0.25) is 11.8 Å². The second-order valence-corrected chi connectivity index (χ2v) is 7.17. The largest absolute Gasteiger partial charge is 0.359 e. The SMILES string of the molecule is CNC(=O)Cc1csc(NC(=O)CN2CCN(c3cccc(Cl)c3)C2=O)n1. The van der Waals surface area contributed by atoms with E-state index in [0.717, 1.165) is 0 Å². The van der Waals surface area contributed by atoms with E-state index in [9.17, 15) is 14.4 Å². The summed E-state index contributed by atoms with van der Waals surface area (Å²) in [5.74, 6) is -0.487. The summed E-state index contributed by atoms with van der Waals surface area (Å²) in [5.41, 5.74) is 1.29. The maximum absolute atomic E-state index is 12.5. The first-order valence-electron chi connectivity index (χ1n) is 8.23. The molecule has 0 unspecified atom stereocenters. The zero-order valence-electron chi connectivity index (χ0n) is 14.6. The van der Waals surface area contributed by atoms with Gasteiger partial charge >= 0.3 is 6.03 Å². The molecule has 27 heavy (non-hydrogen) atoms. The molecule has 4 amide bonds. The fourth-order valence-electron chi connectivity index (χ4n) is 2.64. The minimum absolute atomic E-state index is 0.0692. The fraction of sp³-hybridized carbons (Fsp3) is 0.294. The normalized spacial score (nSPS) is 13.8. The second kappa shape index (κ2) is 8.36. The molecule has 0 radical (unpaired) electrons. The Kier molecular flexibility index (Phi) is 5.92. The lowest BCUT2D eigenvalue weighted by atomic mass is 10.3. The highest BCUT2D eigenvalue weighted by Crippen LogP contribution is 2.23. The monoisotopic (exact) mass is 407 g/mol. The van der Waals surface area contributed by atoms with Gasteiger partial charge in [0.15, 0.2) is 5.13 Å². The van der Waals surface area contributed by atoms with Gasteiger partial charge in [-0.3, -0.25) is 14.5 Å². The predicted octanol–water partition coefficient (Wildman–Crippen LogP) is 1.97. The van der Waals surface area contributed by atoms with Gasteiger partial charge in [0.05, 0.1) is 12.1 Å². The van der Waals surface area contributed by atoms with E-state index in [4.69, 9.17) is 11.6 Å². The Hall–Kier alpha value is -2.65. The molecule has 1 aromatic carbocycles. The quantitative estimate of drug-likeness (QED) is 0.765. The Bertz CT molecular complexity index is 872. The van der Waals surface area contributed by atoms with Crippen LogP contribution >= 0.6 is 22.9 Å². The minimum Gasteiger partial charge on any atom is -0.359 e. The van der Waals surface area contributed by atoms with Crippen LogP contribution in [0.25, 0.3) is 0 Å². The van der Waals surface area contributed by atoms with E-state index in [0.29, 0.717) is 34.6 Å². The number of rotatable bonds is 6. The number of hydrogen-bond donors (Lipinski definition) is 2. The van der Waals surface area contributed by atoms with Gasteiger partial charge in [0.25, 0.3) is 0 Å². The smallest absolute Gasteiger partial charge is 0.325 e. The first-order chi connectivity index (χ1) is 13.0. The van der Waals surface area contributed by atoms with E-state index in [1.165, 1.54) is 16.2 Å². The van der Waals surface area contributed by atoms with Crippen LogP contribution in [-0.2, 0) is 16.0 Å². The van der Waals surface area contributed by atoms with Crippen LogP contribution in [0, 0.1) is 0 Å². The molecule has 2 heterocycles. The third-order valence-corrected chi connectivity index (χ3v) is 5.01. The maximum atomic E-state index is 12.5. The molecular weight excluding hydrogens is 390 g/mol. The molecule has 0 aliphatic carbocycles. The van der Waals surface area contributed by atoms with Crippen molar-refractivity contribution in [2.75, 3.05) is 36.9 Å². The second-order valence-electron chi connectivity index (χ2n) is 5.88. The summed E-state index contributed by atoms with van der Waals surface area (Å²) in [7, 11) is 1.55. The summed E-state index contributed by atoms with van der Waals surface area (Å²) in [4.78, 5) is 43.4. The van der Waals surface area contributed by atoms with Crippen molar-refractivity contribution < 1.29 is 14.4 Å². The maximum Gasteiger partial charge on any atom is 0.325 e. The van der Waals surface area contributed by atoms with Gasteiger partial charge in [-0.2, -0.15) is 0 Å². The number of likely N-dealkylation sites (N-methyl/N-ethyl adjacent to an activating group) is 1. The third-order valence-electron chi connectivity index (χ3n) is 3.97. The van der Waals surface area contributed by atoms with Gasteiger partial charge in [-0.05, 0) is 18.2 Å². The molecule has 1 aliphatic rings. The Morgan fingerprint density at radius 3 is 2.85 bits per heavy atom. The first kappa shape index (κ1) is 19.1. The van der Waals surface area contributed by atoms with Gasteiger partial charge in [0, 0.05) is 36.2 Å². The van der Waals surface area contributed by atoms with E-state index >= 15 is 0 Å². The molecule has 142 valence electrons. The lowest BCUT2D eigenvalue weighted by Gasteiger charge is -2.18.